The summed E-state index contributed by atoms with van der Waals surface area (Å²) in [4.78, 5) is 13.1. The molecule has 0 atom stereocenters. The second-order valence-electron chi connectivity index (χ2n) is 5.05. The number of nitrogens with two attached hydrogens (primary N) is 1. The minimum Gasteiger partial charge on any atom is -0.382 e. The Morgan fingerprint density at radius 1 is 0.957 bits per heavy atom. The molecule has 0 aliphatic heterocycles. The molecule has 4 aromatic rings. The third-order valence-electron chi connectivity index (χ3n) is 3.46. The van der Waals surface area contributed by atoms with Gasteiger partial charge in [-0.25, -0.2) is 14.6 Å². The maximum atomic E-state index is 6.01. The molecule has 4 rings (SSSR count). The molecule has 0 aliphatic carbocycles. The predicted octanol–water partition coefficient (Wildman–Crippen LogP) is 1.91. The first-order valence-electron chi connectivity index (χ1n) is 7.13. The molecule has 0 saturated carbocycles. The second-order valence-corrected chi connectivity index (χ2v) is 5.05. The van der Waals surface area contributed by atoms with Gasteiger partial charge in [-0.3, -0.25) is 4.98 Å². The number of fused-ring (bicyclic) bond motifs is 1. The highest BCUT2D eigenvalue weighted by molar-refractivity contribution is 5.82. The number of rotatable bonds is 3. The van der Waals surface area contributed by atoms with Crippen molar-refractivity contribution in [2.24, 2.45) is 0 Å². The Labute approximate surface area is 131 Å². The summed E-state index contributed by atoms with van der Waals surface area (Å²) >= 11 is 0. The van der Waals surface area contributed by atoms with Gasteiger partial charge in [-0.15, -0.1) is 5.10 Å². The highest BCUT2D eigenvalue weighted by Gasteiger charge is 2.14. The molecule has 2 N–H and O–H groups in total. The summed E-state index contributed by atoms with van der Waals surface area (Å²) in [6.07, 6.45) is 1.69. The smallest absolute Gasteiger partial charge is 0.184 e. The van der Waals surface area contributed by atoms with Crippen LogP contribution >= 0.6 is 0 Å². The van der Waals surface area contributed by atoms with Crippen LogP contribution in [0.15, 0.2) is 54.7 Å². The number of aromatic nitrogens is 6. The lowest BCUT2D eigenvalue weighted by molar-refractivity contribution is 0.664. The Bertz CT molecular complexity index is 948. The van der Waals surface area contributed by atoms with Crippen molar-refractivity contribution in [3.8, 4) is 11.5 Å². The largest absolute Gasteiger partial charge is 0.382 e. The number of benzene rings is 1. The molecule has 112 valence electrons. The molecule has 1 aromatic carbocycles. The quantitative estimate of drug-likeness (QED) is 0.621. The number of hydrogen-bond acceptors (Lipinski definition) is 6. The van der Waals surface area contributed by atoms with E-state index in [1.165, 1.54) is 0 Å². The highest BCUT2D eigenvalue weighted by atomic mass is 15.4. The molecule has 3 aromatic heterocycles. The molecular weight excluding hydrogens is 290 g/mol. The number of nitrogens with zero attached hydrogens (tertiary/aromatic N) is 6. The number of pyridine rings is 1. The first-order chi connectivity index (χ1) is 11.3. The molecule has 0 fully saturated rings. The van der Waals surface area contributed by atoms with Gasteiger partial charge in [-0.1, -0.05) is 41.6 Å². The molecule has 0 spiro atoms. The van der Waals surface area contributed by atoms with Crippen molar-refractivity contribution in [3.05, 3.63) is 60.3 Å². The lowest BCUT2D eigenvalue weighted by Gasteiger charge is -2.04. The van der Waals surface area contributed by atoms with Crippen LogP contribution < -0.4 is 5.73 Å². The minimum absolute atomic E-state index is 0.301. The molecule has 0 bridgehead atoms. The van der Waals surface area contributed by atoms with Crippen molar-refractivity contribution in [3.63, 3.8) is 0 Å². The van der Waals surface area contributed by atoms with Crippen molar-refractivity contribution in [2.75, 3.05) is 5.73 Å². The van der Waals surface area contributed by atoms with Gasteiger partial charge in [-0.05, 0) is 17.7 Å². The van der Waals surface area contributed by atoms with Crippen LogP contribution in [0.2, 0.25) is 0 Å². The van der Waals surface area contributed by atoms with Crippen molar-refractivity contribution >= 4 is 17.0 Å². The maximum Gasteiger partial charge on any atom is 0.184 e. The van der Waals surface area contributed by atoms with Crippen LogP contribution in [0.5, 0.6) is 0 Å². The number of hydrogen-bond donors (Lipinski definition) is 1. The molecule has 0 amide bonds. The van der Waals surface area contributed by atoms with Gasteiger partial charge >= 0.3 is 0 Å². The van der Waals surface area contributed by atoms with Gasteiger partial charge < -0.3 is 5.73 Å². The molecule has 7 heteroatoms. The van der Waals surface area contributed by atoms with Gasteiger partial charge in [0.2, 0.25) is 0 Å². The first kappa shape index (κ1) is 13.3. The molecule has 0 unspecified atom stereocenters. The predicted molar refractivity (Wildman–Crippen MR) is 86.3 cm³/mol. The van der Waals surface area contributed by atoms with Crippen LogP contribution in [0.4, 0.5) is 5.82 Å². The topological polar surface area (TPSA) is 95.4 Å². The molecule has 0 radical (unpaired) electrons. The van der Waals surface area contributed by atoms with Crippen molar-refractivity contribution in [1.82, 2.24) is 29.9 Å². The van der Waals surface area contributed by atoms with Crippen molar-refractivity contribution < 1.29 is 0 Å². The zero-order valence-electron chi connectivity index (χ0n) is 12.2. The molecule has 0 saturated heterocycles. The normalized spacial score (nSPS) is 11.0. The average molecular weight is 303 g/mol. The van der Waals surface area contributed by atoms with E-state index in [1.807, 2.05) is 48.5 Å². The minimum atomic E-state index is 0.301. The molecule has 0 aliphatic rings. The van der Waals surface area contributed by atoms with E-state index in [2.05, 4.69) is 25.3 Å². The van der Waals surface area contributed by atoms with Crippen LogP contribution in [0.3, 0.4) is 0 Å². The van der Waals surface area contributed by atoms with E-state index in [9.17, 15) is 0 Å². The summed E-state index contributed by atoms with van der Waals surface area (Å²) in [6, 6.07) is 15.6. The Morgan fingerprint density at radius 3 is 2.57 bits per heavy atom. The zero-order valence-corrected chi connectivity index (χ0v) is 12.2. The molecular formula is C16H13N7. The van der Waals surface area contributed by atoms with E-state index in [0.717, 1.165) is 5.56 Å². The van der Waals surface area contributed by atoms with Crippen LogP contribution in [0.25, 0.3) is 22.7 Å². The fourth-order valence-corrected chi connectivity index (χ4v) is 2.35. The second kappa shape index (κ2) is 5.45. The van der Waals surface area contributed by atoms with Crippen LogP contribution in [-0.4, -0.2) is 29.9 Å². The Balaban J connectivity index is 1.82. The maximum absolute atomic E-state index is 6.01. The lowest BCUT2D eigenvalue weighted by Crippen LogP contribution is -2.05. The standard InChI is InChI=1S/C16H13N7/c17-14-13-16(20-15(19-14)12-8-4-5-9-18-12)23(22-21-13)10-11-6-2-1-3-7-11/h1-9H,10H2,(H2,17,19,20). The Hall–Kier alpha value is -3.35. The van der Waals surface area contributed by atoms with E-state index in [-0.39, 0.29) is 0 Å². The van der Waals surface area contributed by atoms with Gasteiger partial charge in [0, 0.05) is 6.20 Å². The monoisotopic (exact) mass is 303 g/mol. The third-order valence-corrected chi connectivity index (χ3v) is 3.46. The van der Waals surface area contributed by atoms with Crippen molar-refractivity contribution in [2.45, 2.75) is 6.54 Å². The lowest BCUT2D eigenvalue weighted by atomic mass is 10.2. The van der Waals surface area contributed by atoms with Gasteiger partial charge in [0.25, 0.3) is 0 Å². The van der Waals surface area contributed by atoms with Gasteiger partial charge in [0.1, 0.15) is 5.69 Å². The molecule has 23 heavy (non-hydrogen) atoms. The van der Waals surface area contributed by atoms with Gasteiger partial charge in [0.15, 0.2) is 22.8 Å². The first-order valence-corrected chi connectivity index (χ1v) is 7.13. The van der Waals surface area contributed by atoms with E-state index in [0.29, 0.717) is 35.0 Å². The van der Waals surface area contributed by atoms with E-state index < -0.39 is 0 Å². The third kappa shape index (κ3) is 2.48. The summed E-state index contributed by atoms with van der Waals surface area (Å²) in [5.74, 6) is 0.766. The Morgan fingerprint density at radius 2 is 1.78 bits per heavy atom. The average Bonchev–Trinajstić information content (AvgIpc) is 3.00. The van der Waals surface area contributed by atoms with Crippen LogP contribution in [0, 0.1) is 0 Å². The fraction of sp³-hybridized carbons (Fsp3) is 0.0625. The van der Waals surface area contributed by atoms with Gasteiger partial charge in [-0.2, -0.15) is 0 Å². The van der Waals surface area contributed by atoms with Crippen LogP contribution in [-0.2, 0) is 6.54 Å². The Kier molecular flexibility index (Phi) is 3.16. The summed E-state index contributed by atoms with van der Waals surface area (Å²) in [5.41, 5.74) is 8.87. The highest BCUT2D eigenvalue weighted by Crippen LogP contribution is 2.20. The van der Waals surface area contributed by atoms with E-state index in [4.69, 9.17) is 5.73 Å². The number of anilines is 1. The van der Waals surface area contributed by atoms with E-state index in [1.54, 1.807) is 10.9 Å². The molecule has 7 nitrogen and oxygen atoms in total. The summed E-state index contributed by atoms with van der Waals surface area (Å²) in [6.45, 7) is 0.565. The SMILES string of the molecule is Nc1nc(-c2ccccn2)nc2c1nnn2Cc1ccccc1. The fourth-order valence-electron chi connectivity index (χ4n) is 2.35. The summed E-state index contributed by atoms with van der Waals surface area (Å²) in [7, 11) is 0. The van der Waals surface area contributed by atoms with Gasteiger partial charge in [0.05, 0.1) is 6.54 Å². The van der Waals surface area contributed by atoms with Crippen molar-refractivity contribution in [1.29, 1.82) is 0 Å². The van der Waals surface area contributed by atoms with Crippen LogP contribution in [0.1, 0.15) is 5.56 Å². The summed E-state index contributed by atoms with van der Waals surface area (Å²) in [5, 5.41) is 8.24. The van der Waals surface area contributed by atoms with E-state index >= 15 is 0 Å². The summed E-state index contributed by atoms with van der Waals surface area (Å²) < 4.78 is 1.72. The zero-order chi connectivity index (χ0) is 15.6. The number of nitrogen functional groups attached to an aromatic ring is 1. The molecule has 3 heterocycles.